The lowest BCUT2D eigenvalue weighted by Crippen LogP contribution is -2.38. The van der Waals surface area contributed by atoms with Crippen molar-refractivity contribution in [1.29, 1.82) is 0 Å². The molecule has 0 radical (unpaired) electrons. The van der Waals surface area contributed by atoms with Gasteiger partial charge >= 0.3 is 0 Å². The molecule has 2 aromatic rings. The molecule has 9 nitrogen and oxygen atoms in total. The zero-order chi connectivity index (χ0) is 21.5. The number of carbonyl (C=O) groups excluding carboxylic acids is 1. The van der Waals surface area contributed by atoms with Gasteiger partial charge in [-0.3, -0.25) is 9.80 Å². The molecule has 2 unspecified atom stereocenters. The Kier molecular flexibility index (Phi) is 4.90. The Morgan fingerprint density at radius 3 is 2.39 bits per heavy atom. The van der Waals surface area contributed by atoms with E-state index in [0.717, 1.165) is 49.2 Å². The minimum Gasteiger partial charge on any atom is -0.497 e. The van der Waals surface area contributed by atoms with Crippen LogP contribution < -0.4 is 25.6 Å². The molecular formula is C22H27N7O2. The number of methoxy groups -OCH3 is 1. The number of hydrogen-bond acceptors (Lipinski definition) is 8. The van der Waals surface area contributed by atoms with Crippen LogP contribution in [-0.4, -0.2) is 54.1 Å². The molecule has 0 aliphatic carbocycles. The van der Waals surface area contributed by atoms with Gasteiger partial charge in [0.1, 0.15) is 5.75 Å². The SMILES string of the molecule is COc1ccc(C(=O)N2CC3CN(c4nc(C)cc(C)n4)CC3C2)c(N2C=CNN2)c1. The van der Waals surface area contributed by atoms with Crippen LogP contribution in [0.15, 0.2) is 36.7 Å². The lowest BCUT2D eigenvalue weighted by atomic mass is 10.0. The number of ether oxygens (including phenoxy) is 1. The highest BCUT2D eigenvalue weighted by Crippen LogP contribution is 2.35. The molecule has 2 atom stereocenters. The van der Waals surface area contributed by atoms with Crippen molar-refractivity contribution in [3.8, 4) is 5.75 Å². The second-order valence-electron chi connectivity index (χ2n) is 8.41. The van der Waals surface area contributed by atoms with Gasteiger partial charge in [-0.25, -0.2) is 9.97 Å². The zero-order valence-electron chi connectivity index (χ0n) is 18.0. The second kappa shape index (κ2) is 7.73. The van der Waals surface area contributed by atoms with Crippen LogP contribution in [0.2, 0.25) is 0 Å². The van der Waals surface area contributed by atoms with Crippen LogP contribution in [0.5, 0.6) is 5.75 Å². The van der Waals surface area contributed by atoms with Crippen LogP contribution in [-0.2, 0) is 0 Å². The summed E-state index contributed by atoms with van der Waals surface area (Å²) in [5, 5.41) is 1.78. The van der Waals surface area contributed by atoms with Crippen molar-refractivity contribution in [2.24, 2.45) is 11.8 Å². The Morgan fingerprint density at radius 2 is 1.77 bits per heavy atom. The molecule has 0 spiro atoms. The van der Waals surface area contributed by atoms with E-state index < -0.39 is 0 Å². The second-order valence-corrected chi connectivity index (χ2v) is 8.41. The number of hydrogen-bond donors (Lipinski definition) is 2. The van der Waals surface area contributed by atoms with Crippen LogP contribution in [0.25, 0.3) is 0 Å². The van der Waals surface area contributed by atoms with Gasteiger partial charge in [-0.05, 0) is 32.0 Å². The molecule has 1 aromatic heterocycles. The summed E-state index contributed by atoms with van der Waals surface area (Å²) in [6, 6.07) is 7.54. The third kappa shape index (κ3) is 3.65. The first kappa shape index (κ1) is 19.6. The third-order valence-corrected chi connectivity index (χ3v) is 6.21. The number of anilines is 2. The fourth-order valence-electron chi connectivity index (χ4n) is 4.76. The van der Waals surface area contributed by atoms with Gasteiger partial charge in [0.2, 0.25) is 5.95 Å². The fourth-order valence-corrected chi connectivity index (χ4v) is 4.76. The van der Waals surface area contributed by atoms with Crippen molar-refractivity contribution in [3.05, 3.63) is 53.6 Å². The minimum atomic E-state index is 0.0448. The number of nitrogens with zero attached hydrogens (tertiary/aromatic N) is 5. The van der Waals surface area contributed by atoms with E-state index in [2.05, 4.69) is 25.8 Å². The maximum Gasteiger partial charge on any atom is 0.256 e. The van der Waals surface area contributed by atoms with Crippen LogP contribution in [0.1, 0.15) is 21.7 Å². The molecule has 0 saturated carbocycles. The molecule has 3 aliphatic rings. The van der Waals surface area contributed by atoms with Crippen LogP contribution in [0.3, 0.4) is 0 Å². The number of fused-ring (bicyclic) bond motifs is 1. The average molecular weight is 422 g/mol. The maximum absolute atomic E-state index is 13.4. The Morgan fingerprint density at radius 1 is 1.06 bits per heavy atom. The van der Waals surface area contributed by atoms with Gasteiger partial charge in [0.05, 0.1) is 18.4 Å². The van der Waals surface area contributed by atoms with Gasteiger partial charge in [-0.2, -0.15) is 0 Å². The molecule has 0 bridgehead atoms. The van der Waals surface area contributed by atoms with Gasteiger partial charge in [0.15, 0.2) is 0 Å². The van der Waals surface area contributed by atoms with Gasteiger partial charge in [0.25, 0.3) is 5.91 Å². The van der Waals surface area contributed by atoms with Crippen molar-refractivity contribution >= 4 is 17.5 Å². The smallest absolute Gasteiger partial charge is 0.256 e. The van der Waals surface area contributed by atoms with E-state index in [0.29, 0.717) is 23.1 Å². The highest BCUT2D eigenvalue weighted by molar-refractivity contribution is 6.00. The number of hydrazine groups is 2. The quantitative estimate of drug-likeness (QED) is 0.770. The molecule has 5 rings (SSSR count). The van der Waals surface area contributed by atoms with E-state index in [1.807, 2.05) is 49.2 Å². The lowest BCUT2D eigenvalue weighted by Gasteiger charge is -2.25. The Bertz CT molecular complexity index is 1010. The standard InChI is InChI=1S/C22H27N7O2/c1-14-8-15(2)25-22(24-14)28-12-16-10-27(11-17(16)13-28)21(30)19-5-4-18(31-3)9-20(19)29-7-6-23-26-29/h4-9,16-17,23,26H,10-13H2,1-3H3. The molecule has 31 heavy (non-hydrogen) atoms. The highest BCUT2D eigenvalue weighted by Gasteiger charge is 2.43. The van der Waals surface area contributed by atoms with E-state index in [1.54, 1.807) is 18.3 Å². The van der Waals surface area contributed by atoms with Crippen molar-refractivity contribution in [3.63, 3.8) is 0 Å². The normalized spacial score (nSPS) is 22.1. The number of benzene rings is 1. The third-order valence-electron chi connectivity index (χ3n) is 6.21. The predicted molar refractivity (Wildman–Crippen MR) is 117 cm³/mol. The molecule has 162 valence electrons. The summed E-state index contributed by atoms with van der Waals surface area (Å²) in [6.45, 7) is 7.26. The number of aryl methyl sites for hydroxylation is 2. The number of aromatic nitrogens is 2. The minimum absolute atomic E-state index is 0.0448. The van der Waals surface area contributed by atoms with Crippen LogP contribution >= 0.6 is 0 Å². The fraction of sp³-hybridized carbons (Fsp3) is 0.409. The molecule has 4 heterocycles. The molecule has 2 fully saturated rings. The summed E-state index contributed by atoms with van der Waals surface area (Å²) in [6.07, 6.45) is 3.61. The van der Waals surface area contributed by atoms with Gasteiger partial charge in [-0.1, -0.05) is 0 Å². The Labute approximate surface area is 181 Å². The Balaban J connectivity index is 1.32. The molecular weight excluding hydrogens is 394 g/mol. The summed E-state index contributed by atoms with van der Waals surface area (Å²) in [7, 11) is 1.62. The first-order chi connectivity index (χ1) is 15.0. The van der Waals surface area contributed by atoms with Gasteiger partial charge < -0.3 is 20.0 Å². The monoisotopic (exact) mass is 421 g/mol. The summed E-state index contributed by atoms with van der Waals surface area (Å²) < 4.78 is 5.36. The van der Waals surface area contributed by atoms with E-state index in [-0.39, 0.29) is 5.91 Å². The lowest BCUT2D eigenvalue weighted by molar-refractivity contribution is 0.0783. The largest absolute Gasteiger partial charge is 0.497 e. The number of carbonyl (C=O) groups is 1. The van der Waals surface area contributed by atoms with Crippen molar-refractivity contribution in [2.45, 2.75) is 13.8 Å². The Hall–Kier alpha value is -3.33. The van der Waals surface area contributed by atoms with Crippen molar-refractivity contribution < 1.29 is 9.53 Å². The van der Waals surface area contributed by atoms with Gasteiger partial charge in [0, 0.05) is 67.9 Å². The summed E-state index contributed by atoms with van der Waals surface area (Å²) in [4.78, 5) is 26.9. The number of amides is 1. The topological polar surface area (TPSA) is 85.9 Å². The maximum atomic E-state index is 13.4. The van der Waals surface area contributed by atoms with Gasteiger partial charge in [-0.15, -0.1) is 5.53 Å². The molecule has 9 heteroatoms. The van der Waals surface area contributed by atoms with Crippen LogP contribution in [0.4, 0.5) is 11.6 Å². The molecule has 1 amide bonds. The molecule has 3 aliphatic heterocycles. The molecule has 1 aromatic carbocycles. The van der Waals surface area contributed by atoms with Crippen molar-refractivity contribution in [1.82, 2.24) is 25.8 Å². The highest BCUT2D eigenvalue weighted by atomic mass is 16.5. The first-order valence-electron chi connectivity index (χ1n) is 10.5. The first-order valence-corrected chi connectivity index (χ1v) is 10.5. The number of rotatable bonds is 4. The zero-order valence-corrected chi connectivity index (χ0v) is 18.0. The summed E-state index contributed by atoms with van der Waals surface area (Å²) in [5.41, 5.74) is 9.31. The van der Waals surface area contributed by atoms with E-state index in [1.165, 1.54) is 0 Å². The average Bonchev–Trinajstić information content (AvgIpc) is 3.48. The van der Waals surface area contributed by atoms with Crippen LogP contribution in [0, 0.1) is 25.7 Å². The van der Waals surface area contributed by atoms with E-state index in [9.17, 15) is 4.79 Å². The molecule has 2 N–H and O–H groups in total. The predicted octanol–water partition coefficient (Wildman–Crippen LogP) is 1.61. The summed E-state index contributed by atoms with van der Waals surface area (Å²) >= 11 is 0. The number of likely N-dealkylation sites (tertiary alicyclic amines) is 1. The number of nitrogens with one attached hydrogen (secondary N) is 2. The van der Waals surface area contributed by atoms with E-state index in [4.69, 9.17) is 4.74 Å². The molecule has 2 saturated heterocycles. The summed E-state index contributed by atoms with van der Waals surface area (Å²) in [5.74, 6) is 2.42. The van der Waals surface area contributed by atoms with Crippen molar-refractivity contribution in [2.75, 3.05) is 43.2 Å². The van der Waals surface area contributed by atoms with E-state index >= 15 is 0 Å².